The Bertz CT molecular complexity index is 786. The second kappa shape index (κ2) is 5.82. The van der Waals surface area contributed by atoms with E-state index in [2.05, 4.69) is 37.1 Å². The molecule has 0 aliphatic carbocycles. The number of rotatable bonds is 3. The Labute approximate surface area is 147 Å². The van der Waals surface area contributed by atoms with Crippen LogP contribution in [0.25, 0.3) is 0 Å². The minimum absolute atomic E-state index is 0.233. The van der Waals surface area contributed by atoms with Gasteiger partial charge in [0, 0.05) is 23.4 Å². The maximum absolute atomic E-state index is 6.37. The van der Waals surface area contributed by atoms with E-state index in [1.54, 1.807) is 0 Å². The van der Waals surface area contributed by atoms with Crippen molar-refractivity contribution in [3.05, 3.63) is 64.7 Å². The Hall–Kier alpha value is -2.00. The summed E-state index contributed by atoms with van der Waals surface area (Å²) in [5.74, 6) is 0.988. The van der Waals surface area contributed by atoms with Crippen LogP contribution < -0.4 is 4.74 Å². The van der Waals surface area contributed by atoms with Crippen LogP contribution in [0.2, 0.25) is 5.02 Å². The van der Waals surface area contributed by atoms with Gasteiger partial charge in [-0.15, -0.1) is 0 Å². The third-order valence-electron chi connectivity index (χ3n) is 4.89. The lowest BCUT2D eigenvalue weighted by Crippen LogP contribution is -2.51. The number of halogens is 1. The Morgan fingerprint density at radius 3 is 2.71 bits per heavy atom. The van der Waals surface area contributed by atoms with Crippen LogP contribution in [-0.2, 0) is 0 Å². The molecule has 0 N–H and O–H groups in total. The summed E-state index contributed by atoms with van der Waals surface area (Å²) in [4.78, 5) is 0. The second-order valence-corrected chi connectivity index (χ2v) is 7.12. The summed E-state index contributed by atoms with van der Waals surface area (Å²) in [6.45, 7) is 4.33. The highest BCUT2D eigenvalue weighted by atomic mass is 35.5. The highest BCUT2D eigenvalue weighted by Gasteiger charge is 2.46. The summed E-state index contributed by atoms with van der Waals surface area (Å²) in [6.07, 6.45) is 2.88. The Morgan fingerprint density at radius 1 is 1.21 bits per heavy atom. The van der Waals surface area contributed by atoms with Crippen molar-refractivity contribution in [3.63, 3.8) is 0 Å². The standard InChI is InChI=1S/C20H21ClN2O/c1-3-12-20(2)23-18(16-6-4-5-7-19(16)24-20)13-17(22-23)14-8-10-15(21)11-9-14/h4-11,18H,3,12-13H2,1-2H3/t18-,20-/m1/s1. The van der Waals surface area contributed by atoms with E-state index in [1.807, 2.05) is 30.3 Å². The molecule has 0 saturated heterocycles. The summed E-state index contributed by atoms with van der Waals surface area (Å²) >= 11 is 6.02. The van der Waals surface area contributed by atoms with Crippen molar-refractivity contribution in [2.24, 2.45) is 5.10 Å². The molecular formula is C20H21ClN2O. The Balaban J connectivity index is 1.76. The van der Waals surface area contributed by atoms with Crippen LogP contribution >= 0.6 is 11.6 Å². The van der Waals surface area contributed by atoms with Crippen molar-refractivity contribution < 1.29 is 4.74 Å². The largest absolute Gasteiger partial charge is 0.466 e. The van der Waals surface area contributed by atoms with Gasteiger partial charge >= 0.3 is 0 Å². The number of hydrogen-bond donors (Lipinski definition) is 0. The quantitative estimate of drug-likeness (QED) is 0.747. The third-order valence-corrected chi connectivity index (χ3v) is 5.15. The van der Waals surface area contributed by atoms with Crippen LogP contribution in [0.3, 0.4) is 0 Å². The molecule has 0 fully saturated rings. The topological polar surface area (TPSA) is 24.8 Å². The number of hydrazone groups is 1. The Kier molecular flexibility index (Phi) is 3.76. The summed E-state index contributed by atoms with van der Waals surface area (Å²) in [5, 5.41) is 7.88. The molecule has 0 radical (unpaired) electrons. The number of ether oxygens (including phenoxy) is 1. The molecule has 124 valence electrons. The van der Waals surface area contributed by atoms with Gasteiger partial charge in [-0.05, 0) is 30.7 Å². The van der Waals surface area contributed by atoms with Gasteiger partial charge < -0.3 is 4.74 Å². The number of hydrogen-bond acceptors (Lipinski definition) is 3. The van der Waals surface area contributed by atoms with Crippen LogP contribution in [0.15, 0.2) is 53.6 Å². The molecule has 0 amide bonds. The van der Waals surface area contributed by atoms with Gasteiger partial charge in [-0.3, -0.25) is 0 Å². The average Bonchev–Trinajstić information content (AvgIpc) is 3.02. The van der Waals surface area contributed by atoms with E-state index in [1.165, 1.54) is 5.56 Å². The third kappa shape index (κ3) is 2.48. The van der Waals surface area contributed by atoms with E-state index in [9.17, 15) is 0 Å². The van der Waals surface area contributed by atoms with E-state index in [0.29, 0.717) is 0 Å². The first-order chi connectivity index (χ1) is 11.6. The van der Waals surface area contributed by atoms with E-state index < -0.39 is 5.72 Å². The smallest absolute Gasteiger partial charge is 0.195 e. The number of benzene rings is 2. The zero-order chi connectivity index (χ0) is 16.7. The van der Waals surface area contributed by atoms with Gasteiger partial charge in [0.15, 0.2) is 5.72 Å². The van der Waals surface area contributed by atoms with E-state index >= 15 is 0 Å². The zero-order valence-corrected chi connectivity index (χ0v) is 14.8. The summed E-state index contributed by atoms with van der Waals surface area (Å²) in [5.41, 5.74) is 3.05. The highest BCUT2D eigenvalue weighted by Crippen LogP contribution is 2.47. The van der Waals surface area contributed by atoms with Crippen LogP contribution in [0, 0.1) is 0 Å². The van der Waals surface area contributed by atoms with Crippen molar-refractivity contribution in [3.8, 4) is 5.75 Å². The molecule has 2 heterocycles. The highest BCUT2D eigenvalue weighted by molar-refractivity contribution is 6.30. The molecule has 3 nitrogen and oxygen atoms in total. The van der Waals surface area contributed by atoms with Crippen LogP contribution in [0.1, 0.15) is 50.3 Å². The molecule has 2 aromatic rings. The summed E-state index contributed by atoms with van der Waals surface area (Å²) < 4.78 is 6.37. The predicted molar refractivity (Wildman–Crippen MR) is 97.6 cm³/mol. The monoisotopic (exact) mass is 340 g/mol. The van der Waals surface area contributed by atoms with E-state index in [0.717, 1.165) is 41.3 Å². The molecule has 4 rings (SSSR count). The molecule has 2 aromatic carbocycles. The van der Waals surface area contributed by atoms with Crippen molar-refractivity contribution in [2.45, 2.75) is 44.9 Å². The number of nitrogens with zero attached hydrogens (tertiary/aromatic N) is 2. The molecule has 0 saturated carbocycles. The molecule has 2 aliphatic heterocycles. The maximum Gasteiger partial charge on any atom is 0.195 e. The predicted octanol–water partition coefficient (Wildman–Crippen LogP) is 5.40. The molecule has 0 aromatic heterocycles. The molecule has 0 bridgehead atoms. The van der Waals surface area contributed by atoms with E-state index in [4.69, 9.17) is 21.4 Å². The lowest BCUT2D eigenvalue weighted by molar-refractivity contribution is -0.111. The number of fused-ring (bicyclic) bond motifs is 3. The second-order valence-electron chi connectivity index (χ2n) is 6.68. The minimum Gasteiger partial charge on any atom is -0.466 e. The SMILES string of the molecule is CCC[C@@]1(C)Oc2ccccc2[C@H]2CC(c3ccc(Cl)cc3)=NN21. The van der Waals surface area contributed by atoms with Gasteiger partial charge in [0.25, 0.3) is 0 Å². The lowest BCUT2D eigenvalue weighted by Gasteiger charge is -2.45. The fourth-order valence-electron chi connectivity index (χ4n) is 3.77. The summed E-state index contributed by atoms with van der Waals surface area (Å²) in [6, 6.07) is 16.5. The molecule has 0 unspecified atom stereocenters. The van der Waals surface area contributed by atoms with Crippen LogP contribution in [0.5, 0.6) is 5.75 Å². The first kappa shape index (κ1) is 15.5. The lowest BCUT2D eigenvalue weighted by atomic mass is 9.94. The van der Waals surface area contributed by atoms with Gasteiger partial charge in [0.05, 0.1) is 11.8 Å². The van der Waals surface area contributed by atoms with Gasteiger partial charge in [-0.1, -0.05) is 55.3 Å². The average molecular weight is 341 g/mol. The molecule has 0 spiro atoms. The van der Waals surface area contributed by atoms with Gasteiger partial charge in [0.2, 0.25) is 0 Å². The molecule has 2 atom stereocenters. The fraction of sp³-hybridized carbons (Fsp3) is 0.350. The van der Waals surface area contributed by atoms with Gasteiger partial charge in [-0.25, -0.2) is 5.01 Å². The van der Waals surface area contributed by atoms with Gasteiger partial charge in [0.1, 0.15) is 5.75 Å². The first-order valence-electron chi connectivity index (χ1n) is 8.51. The molecule has 2 aliphatic rings. The number of para-hydroxylation sites is 1. The van der Waals surface area contributed by atoms with Crippen molar-refractivity contribution in [1.29, 1.82) is 0 Å². The van der Waals surface area contributed by atoms with E-state index in [-0.39, 0.29) is 6.04 Å². The molecule has 24 heavy (non-hydrogen) atoms. The normalized spacial score (nSPS) is 24.9. The van der Waals surface area contributed by atoms with Crippen molar-refractivity contribution in [1.82, 2.24) is 5.01 Å². The van der Waals surface area contributed by atoms with Crippen LogP contribution in [0.4, 0.5) is 0 Å². The first-order valence-corrected chi connectivity index (χ1v) is 8.89. The fourth-order valence-corrected chi connectivity index (χ4v) is 3.89. The Morgan fingerprint density at radius 2 is 1.96 bits per heavy atom. The van der Waals surface area contributed by atoms with Crippen molar-refractivity contribution >= 4 is 17.3 Å². The van der Waals surface area contributed by atoms with Crippen LogP contribution in [-0.4, -0.2) is 16.4 Å². The maximum atomic E-state index is 6.37. The van der Waals surface area contributed by atoms with Gasteiger partial charge in [-0.2, -0.15) is 5.10 Å². The molecular weight excluding hydrogens is 320 g/mol. The minimum atomic E-state index is -0.401. The zero-order valence-electron chi connectivity index (χ0n) is 14.0. The summed E-state index contributed by atoms with van der Waals surface area (Å²) in [7, 11) is 0. The van der Waals surface area contributed by atoms with Crippen molar-refractivity contribution in [2.75, 3.05) is 0 Å². The molecule has 4 heteroatoms.